The number of oxazole rings is 2. The molecular weight excluding hydrogens is 384 g/mol. The summed E-state index contributed by atoms with van der Waals surface area (Å²) in [6, 6.07) is 17.4. The van der Waals surface area contributed by atoms with E-state index < -0.39 is 5.76 Å². The molecule has 0 fully saturated rings. The van der Waals surface area contributed by atoms with Crippen molar-refractivity contribution in [2.45, 2.75) is 19.6 Å². The van der Waals surface area contributed by atoms with Crippen LogP contribution in [0.3, 0.4) is 0 Å². The van der Waals surface area contributed by atoms with Gasteiger partial charge in [0.15, 0.2) is 6.26 Å². The predicted molar refractivity (Wildman–Crippen MR) is 111 cm³/mol. The van der Waals surface area contributed by atoms with Crippen LogP contribution in [0.1, 0.15) is 22.7 Å². The zero-order valence-corrected chi connectivity index (χ0v) is 16.1. The lowest BCUT2D eigenvalue weighted by Crippen LogP contribution is -2.15. The normalized spacial score (nSPS) is 11.2. The van der Waals surface area contributed by atoms with Crippen molar-refractivity contribution < 1.29 is 18.7 Å². The first-order valence-electron chi connectivity index (χ1n) is 9.44. The molecule has 152 valence electrons. The van der Waals surface area contributed by atoms with Gasteiger partial charge in [0.2, 0.25) is 11.8 Å². The summed E-state index contributed by atoms with van der Waals surface area (Å²) in [5.74, 6) is 0.473. The topological polar surface area (TPSA) is 90.6 Å². The van der Waals surface area contributed by atoms with Crippen molar-refractivity contribution >= 4 is 12.2 Å². The maximum atomic E-state index is 11.4. The summed E-state index contributed by atoms with van der Waals surface area (Å²) in [5, 5.41) is 9.56. The van der Waals surface area contributed by atoms with Gasteiger partial charge in [0, 0.05) is 12.6 Å². The third-order valence-corrected chi connectivity index (χ3v) is 4.48. The standard InChI is InChI=1S/C23H20N2O5/c26-22-16-30-23(27)25(22)13-12-18-6-9-20(10-7-18)28-14-19-15-29-21(24-19)11-8-17-4-2-1-3-5-17/h1-11,15-16,26H,12-14H2. The third kappa shape index (κ3) is 4.88. The van der Waals surface area contributed by atoms with E-state index in [1.165, 1.54) is 4.57 Å². The van der Waals surface area contributed by atoms with E-state index in [2.05, 4.69) is 9.40 Å². The Hall–Kier alpha value is -4.00. The number of benzene rings is 2. The minimum absolute atomic E-state index is 0.175. The Morgan fingerprint density at radius 1 is 1.00 bits per heavy atom. The van der Waals surface area contributed by atoms with Gasteiger partial charge in [0.1, 0.15) is 24.3 Å². The highest BCUT2D eigenvalue weighted by atomic mass is 16.5. The molecule has 0 radical (unpaired) electrons. The van der Waals surface area contributed by atoms with Crippen molar-refractivity contribution in [2.24, 2.45) is 0 Å². The molecule has 0 aliphatic rings. The molecule has 7 heteroatoms. The Morgan fingerprint density at radius 2 is 1.80 bits per heavy atom. The number of aryl methyl sites for hydroxylation is 1. The van der Waals surface area contributed by atoms with Crippen molar-refractivity contribution in [1.82, 2.24) is 9.55 Å². The Bertz CT molecular complexity index is 1170. The first-order chi connectivity index (χ1) is 14.7. The number of hydrogen-bond acceptors (Lipinski definition) is 6. The van der Waals surface area contributed by atoms with Gasteiger partial charge in [0.05, 0.1) is 0 Å². The fourth-order valence-electron chi connectivity index (χ4n) is 2.88. The molecule has 0 saturated heterocycles. The molecule has 2 aromatic heterocycles. The molecular formula is C23H20N2O5. The number of aromatic nitrogens is 2. The number of aromatic hydroxyl groups is 1. The highest BCUT2D eigenvalue weighted by Crippen LogP contribution is 2.16. The van der Waals surface area contributed by atoms with Crippen LogP contribution in [0.2, 0.25) is 0 Å². The summed E-state index contributed by atoms with van der Waals surface area (Å²) < 4.78 is 17.0. The van der Waals surface area contributed by atoms with Gasteiger partial charge >= 0.3 is 5.76 Å². The van der Waals surface area contributed by atoms with Crippen LogP contribution in [0.4, 0.5) is 0 Å². The molecule has 0 saturated carbocycles. The molecule has 7 nitrogen and oxygen atoms in total. The summed E-state index contributed by atoms with van der Waals surface area (Å²) in [6.45, 7) is 0.625. The van der Waals surface area contributed by atoms with Gasteiger partial charge in [-0.2, -0.15) is 0 Å². The van der Waals surface area contributed by atoms with Crippen LogP contribution in [0.25, 0.3) is 12.2 Å². The maximum absolute atomic E-state index is 11.4. The second kappa shape index (κ2) is 9.00. The van der Waals surface area contributed by atoms with Gasteiger partial charge < -0.3 is 18.7 Å². The summed E-state index contributed by atoms with van der Waals surface area (Å²) in [5.41, 5.74) is 2.77. The van der Waals surface area contributed by atoms with Crippen LogP contribution in [0.5, 0.6) is 11.6 Å². The molecule has 0 spiro atoms. The largest absolute Gasteiger partial charge is 0.492 e. The smallest absolute Gasteiger partial charge is 0.421 e. The van der Waals surface area contributed by atoms with Crippen LogP contribution in [-0.4, -0.2) is 14.7 Å². The summed E-state index contributed by atoms with van der Waals surface area (Å²) in [4.78, 5) is 15.8. The minimum Gasteiger partial charge on any atom is -0.492 e. The lowest BCUT2D eigenvalue weighted by Gasteiger charge is -2.06. The Labute approximate surface area is 172 Å². The van der Waals surface area contributed by atoms with E-state index in [4.69, 9.17) is 9.15 Å². The van der Waals surface area contributed by atoms with Crippen LogP contribution in [-0.2, 0) is 19.6 Å². The molecule has 0 amide bonds. The van der Waals surface area contributed by atoms with Crippen molar-refractivity contribution in [3.63, 3.8) is 0 Å². The number of hydrogen-bond donors (Lipinski definition) is 1. The molecule has 0 aliphatic carbocycles. The number of ether oxygens (including phenoxy) is 1. The molecule has 1 N–H and O–H groups in total. The zero-order chi connectivity index (χ0) is 20.8. The average molecular weight is 404 g/mol. The van der Waals surface area contributed by atoms with E-state index in [0.29, 0.717) is 36.9 Å². The van der Waals surface area contributed by atoms with Crippen LogP contribution in [0.15, 0.2) is 80.8 Å². The quantitative estimate of drug-likeness (QED) is 0.475. The second-order valence-corrected chi connectivity index (χ2v) is 6.62. The minimum atomic E-state index is -0.571. The Kier molecular flexibility index (Phi) is 5.80. The van der Waals surface area contributed by atoms with Crippen molar-refractivity contribution in [3.8, 4) is 11.6 Å². The highest BCUT2D eigenvalue weighted by molar-refractivity contribution is 5.65. The van der Waals surface area contributed by atoms with Crippen LogP contribution in [0, 0.1) is 0 Å². The van der Waals surface area contributed by atoms with Gasteiger partial charge in [0.25, 0.3) is 0 Å². The lowest BCUT2D eigenvalue weighted by atomic mass is 10.1. The average Bonchev–Trinajstić information content (AvgIpc) is 3.37. The molecule has 0 unspecified atom stereocenters. The highest BCUT2D eigenvalue weighted by Gasteiger charge is 2.07. The van der Waals surface area contributed by atoms with E-state index >= 15 is 0 Å². The molecule has 30 heavy (non-hydrogen) atoms. The fraction of sp³-hybridized carbons (Fsp3) is 0.130. The summed E-state index contributed by atoms with van der Waals surface area (Å²) in [6.07, 6.45) is 6.94. The molecule has 0 aliphatic heterocycles. The molecule has 4 rings (SSSR count). The number of rotatable bonds is 8. The summed E-state index contributed by atoms with van der Waals surface area (Å²) in [7, 11) is 0. The predicted octanol–water partition coefficient (Wildman–Crippen LogP) is 4.13. The first-order valence-corrected chi connectivity index (χ1v) is 9.44. The van der Waals surface area contributed by atoms with Gasteiger partial charge in [-0.05, 0) is 35.8 Å². The van der Waals surface area contributed by atoms with E-state index in [1.807, 2.05) is 66.7 Å². The van der Waals surface area contributed by atoms with Gasteiger partial charge in [-0.3, -0.25) is 0 Å². The molecule has 2 heterocycles. The molecule has 2 aromatic carbocycles. The first kappa shape index (κ1) is 19.3. The van der Waals surface area contributed by atoms with E-state index in [0.717, 1.165) is 17.4 Å². The van der Waals surface area contributed by atoms with E-state index in [1.54, 1.807) is 6.26 Å². The lowest BCUT2D eigenvalue weighted by molar-refractivity contribution is 0.301. The van der Waals surface area contributed by atoms with Gasteiger partial charge in [-0.15, -0.1) is 0 Å². The Morgan fingerprint density at radius 3 is 2.53 bits per heavy atom. The molecule has 0 atom stereocenters. The molecule has 4 aromatic rings. The maximum Gasteiger partial charge on any atom is 0.421 e. The van der Waals surface area contributed by atoms with Crippen LogP contribution >= 0.6 is 0 Å². The van der Waals surface area contributed by atoms with Crippen LogP contribution < -0.4 is 10.5 Å². The molecule has 0 bridgehead atoms. The van der Waals surface area contributed by atoms with E-state index in [9.17, 15) is 9.90 Å². The van der Waals surface area contributed by atoms with Gasteiger partial charge in [-0.1, -0.05) is 42.5 Å². The third-order valence-electron chi connectivity index (χ3n) is 4.48. The fourth-order valence-corrected chi connectivity index (χ4v) is 2.88. The van der Waals surface area contributed by atoms with Crippen molar-refractivity contribution in [1.29, 1.82) is 0 Å². The van der Waals surface area contributed by atoms with E-state index in [-0.39, 0.29) is 5.88 Å². The summed E-state index contributed by atoms with van der Waals surface area (Å²) >= 11 is 0. The van der Waals surface area contributed by atoms with Gasteiger partial charge in [-0.25, -0.2) is 14.3 Å². The Balaban J connectivity index is 1.29. The SMILES string of the molecule is O=c1occ(O)n1CCc1ccc(OCc2coc(C=Cc3ccccc3)n2)cc1. The zero-order valence-electron chi connectivity index (χ0n) is 16.1. The monoisotopic (exact) mass is 404 g/mol. The number of nitrogens with zero attached hydrogens (tertiary/aromatic N) is 2. The van der Waals surface area contributed by atoms with Crippen molar-refractivity contribution in [2.75, 3.05) is 0 Å². The second-order valence-electron chi connectivity index (χ2n) is 6.62. The van der Waals surface area contributed by atoms with Crippen molar-refractivity contribution in [3.05, 3.63) is 100 Å².